The maximum Gasteiger partial charge on any atom is 0.422 e. The molecule has 0 fully saturated rings. The molecule has 0 saturated carbocycles. The van der Waals surface area contributed by atoms with Crippen LogP contribution in [-0.2, 0) is 19.3 Å². The van der Waals surface area contributed by atoms with Crippen LogP contribution in [0.1, 0.15) is 41.2 Å². The number of fused-ring (bicyclic) bond motifs is 1. The summed E-state index contributed by atoms with van der Waals surface area (Å²) in [6.45, 7) is 0.180. The van der Waals surface area contributed by atoms with Crippen LogP contribution in [0.5, 0.6) is 5.75 Å². The lowest BCUT2D eigenvalue weighted by Gasteiger charge is -2.10. The molecule has 0 aliphatic carbocycles. The smallest absolute Gasteiger partial charge is 0.422 e. The van der Waals surface area contributed by atoms with E-state index in [1.54, 1.807) is 12.1 Å². The molecule has 0 amide bonds. The molecule has 0 bridgehead atoms. The minimum Gasteiger partial charge on any atom is -0.478 e. The second-order valence-electron chi connectivity index (χ2n) is 9.33. The van der Waals surface area contributed by atoms with E-state index in [9.17, 15) is 22.0 Å². The number of aryl methyl sites for hydroxylation is 3. The van der Waals surface area contributed by atoms with E-state index in [0.29, 0.717) is 10.8 Å². The molecule has 0 unspecified atom stereocenters. The zero-order chi connectivity index (χ0) is 28.7. The summed E-state index contributed by atoms with van der Waals surface area (Å²) >= 11 is 0. The van der Waals surface area contributed by atoms with E-state index in [1.807, 2.05) is 25.1 Å². The van der Waals surface area contributed by atoms with E-state index in [1.165, 1.54) is 17.2 Å². The van der Waals surface area contributed by atoms with Gasteiger partial charge in [0.1, 0.15) is 5.82 Å². The molecule has 0 aliphatic heterocycles. The standard InChI is InChI=1S/C33H26F6O/c1-2-3-4-5-22-6-8-23(9-7-22)10-11-24-13-17-28-27(18-24)16-15-26(31(28)36)14-12-25-19-29(34)32(30(35)20-25)40-21-33(37,38)39/h2-3,6-9,13,15-20H,4-5,10-11,21H2,1H3/b3-2+. The zero-order valence-corrected chi connectivity index (χ0v) is 21.7. The molecule has 4 rings (SSSR count). The topological polar surface area (TPSA) is 9.23 Å². The summed E-state index contributed by atoms with van der Waals surface area (Å²) in [5, 5.41) is 1.05. The van der Waals surface area contributed by atoms with E-state index in [-0.39, 0.29) is 11.1 Å². The van der Waals surface area contributed by atoms with E-state index in [4.69, 9.17) is 0 Å². The van der Waals surface area contributed by atoms with Crippen molar-refractivity contribution in [2.45, 2.75) is 38.8 Å². The molecule has 0 saturated heterocycles. The predicted octanol–water partition coefficient (Wildman–Crippen LogP) is 8.89. The van der Waals surface area contributed by atoms with Crippen LogP contribution in [0.4, 0.5) is 26.3 Å². The van der Waals surface area contributed by atoms with Gasteiger partial charge in [0.25, 0.3) is 0 Å². The molecule has 1 nitrogen and oxygen atoms in total. The van der Waals surface area contributed by atoms with Gasteiger partial charge in [0, 0.05) is 10.9 Å². The molecule has 206 valence electrons. The van der Waals surface area contributed by atoms with Crippen LogP contribution in [0.15, 0.2) is 78.9 Å². The van der Waals surface area contributed by atoms with Crippen molar-refractivity contribution in [2.24, 2.45) is 0 Å². The summed E-state index contributed by atoms with van der Waals surface area (Å²) in [6.07, 6.45) is 3.11. The van der Waals surface area contributed by atoms with Gasteiger partial charge in [0.05, 0.1) is 5.56 Å². The Morgan fingerprint density at radius 3 is 2.02 bits per heavy atom. The minimum atomic E-state index is -4.75. The molecule has 0 atom stereocenters. The number of ether oxygens (including phenoxy) is 1. The van der Waals surface area contributed by atoms with Gasteiger partial charge in [-0.1, -0.05) is 72.5 Å². The van der Waals surface area contributed by atoms with Crippen molar-refractivity contribution < 1.29 is 31.1 Å². The monoisotopic (exact) mass is 552 g/mol. The first kappa shape index (κ1) is 28.8. The first-order valence-electron chi connectivity index (χ1n) is 12.7. The second kappa shape index (κ2) is 12.8. The summed E-state index contributed by atoms with van der Waals surface area (Å²) in [5.74, 6) is 0.630. The zero-order valence-electron chi connectivity index (χ0n) is 21.7. The number of alkyl halides is 3. The van der Waals surface area contributed by atoms with E-state index >= 15 is 4.39 Å². The van der Waals surface area contributed by atoms with Gasteiger partial charge in [-0.25, -0.2) is 13.2 Å². The number of hydrogen-bond acceptors (Lipinski definition) is 1. The van der Waals surface area contributed by atoms with Crippen LogP contribution >= 0.6 is 0 Å². The quantitative estimate of drug-likeness (QED) is 0.121. The molecule has 0 aromatic heterocycles. The van der Waals surface area contributed by atoms with Gasteiger partial charge in [-0.3, -0.25) is 0 Å². The molecular formula is C33H26F6O. The van der Waals surface area contributed by atoms with Crippen LogP contribution in [0.3, 0.4) is 0 Å². The van der Waals surface area contributed by atoms with Crippen molar-refractivity contribution in [3.8, 4) is 17.6 Å². The predicted molar refractivity (Wildman–Crippen MR) is 145 cm³/mol. The third kappa shape index (κ3) is 7.69. The van der Waals surface area contributed by atoms with Gasteiger partial charge >= 0.3 is 6.18 Å². The third-order valence-electron chi connectivity index (χ3n) is 6.30. The highest BCUT2D eigenvalue weighted by molar-refractivity contribution is 5.85. The lowest BCUT2D eigenvalue weighted by atomic mass is 9.98. The highest BCUT2D eigenvalue weighted by Gasteiger charge is 2.29. The lowest BCUT2D eigenvalue weighted by Crippen LogP contribution is -2.20. The van der Waals surface area contributed by atoms with E-state index in [0.717, 1.165) is 43.4 Å². The number of halogens is 6. The maximum atomic E-state index is 15.2. The van der Waals surface area contributed by atoms with Crippen molar-refractivity contribution >= 4 is 10.8 Å². The normalized spacial score (nSPS) is 11.6. The summed E-state index contributed by atoms with van der Waals surface area (Å²) in [5.41, 5.74) is 3.42. The Balaban J connectivity index is 1.45. The van der Waals surface area contributed by atoms with Crippen molar-refractivity contribution in [1.29, 1.82) is 0 Å². The molecule has 4 aromatic rings. The average Bonchev–Trinajstić information content (AvgIpc) is 2.91. The Bertz CT molecular complexity index is 1550. The van der Waals surface area contributed by atoms with Crippen molar-refractivity contribution in [3.05, 3.63) is 124 Å². The Morgan fingerprint density at radius 2 is 1.38 bits per heavy atom. The summed E-state index contributed by atoms with van der Waals surface area (Å²) < 4.78 is 84.5. The Kier molecular flexibility index (Phi) is 9.21. The van der Waals surface area contributed by atoms with Crippen molar-refractivity contribution in [1.82, 2.24) is 0 Å². The fraction of sp³-hybridized carbons (Fsp3) is 0.212. The average molecular weight is 553 g/mol. The molecular weight excluding hydrogens is 526 g/mol. The Hall–Kier alpha value is -4.18. The lowest BCUT2D eigenvalue weighted by molar-refractivity contribution is -0.154. The number of benzene rings is 4. The van der Waals surface area contributed by atoms with Gasteiger partial charge in [0.2, 0.25) is 0 Å². The van der Waals surface area contributed by atoms with Crippen molar-refractivity contribution in [2.75, 3.05) is 6.61 Å². The molecule has 0 N–H and O–H groups in total. The second-order valence-corrected chi connectivity index (χ2v) is 9.33. The van der Waals surface area contributed by atoms with Crippen LogP contribution in [-0.4, -0.2) is 12.8 Å². The number of allylic oxidation sites excluding steroid dienone is 2. The van der Waals surface area contributed by atoms with Crippen LogP contribution in [0.2, 0.25) is 0 Å². The SMILES string of the molecule is C/C=C/CCc1ccc(CCc2ccc3c(F)c(C#Cc4cc(F)c(OCC(F)(F)F)c(F)c4)ccc3c2)cc1. The van der Waals surface area contributed by atoms with Crippen LogP contribution in [0, 0.1) is 29.3 Å². The summed E-state index contributed by atoms with van der Waals surface area (Å²) in [7, 11) is 0. The van der Waals surface area contributed by atoms with Gasteiger partial charge < -0.3 is 4.74 Å². The van der Waals surface area contributed by atoms with Crippen LogP contribution in [0.25, 0.3) is 10.8 Å². The molecule has 4 aromatic carbocycles. The molecule has 0 spiro atoms. The number of hydrogen-bond donors (Lipinski definition) is 0. The Morgan fingerprint density at radius 1 is 0.750 bits per heavy atom. The molecule has 40 heavy (non-hydrogen) atoms. The highest BCUT2D eigenvalue weighted by Crippen LogP contribution is 2.26. The first-order chi connectivity index (χ1) is 19.1. The van der Waals surface area contributed by atoms with Gasteiger partial charge in [-0.05, 0) is 72.9 Å². The summed E-state index contributed by atoms with van der Waals surface area (Å²) in [4.78, 5) is 0. The largest absolute Gasteiger partial charge is 0.478 e. The Labute approximate surface area is 229 Å². The first-order valence-corrected chi connectivity index (χ1v) is 12.7. The fourth-order valence-corrected chi connectivity index (χ4v) is 4.23. The summed E-state index contributed by atoms with van der Waals surface area (Å²) in [6, 6.07) is 18.7. The molecule has 0 aliphatic rings. The van der Waals surface area contributed by atoms with Gasteiger partial charge in [-0.15, -0.1) is 0 Å². The fourth-order valence-electron chi connectivity index (χ4n) is 4.23. The van der Waals surface area contributed by atoms with E-state index in [2.05, 4.69) is 46.9 Å². The van der Waals surface area contributed by atoms with Gasteiger partial charge in [-0.2, -0.15) is 13.2 Å². The molecule has 7 heteroatoms. The van der Waals surface area contributed by atoms with Crippen molar-refractivity contribution in [3.63, 3.8) is 0 Å². The number of rotatable bonds is 8. The molecule has 0 heterocycles. The van der Waals surface area contributed by atoms with E-state index < -0.39 is 36.0 Å². The van der Waals surface area contributed by atoms with Crippen LogP contribution < -0.4 is 4.74 Å². The minimum absolute atomic E-state index is 0.0213. The highest BCUT2D eigenvalue weighted by atomic mass is 19.4. The third-order valence-corrected chi connectivity index (χ3v) is 6.30. The van der Waals surface area contributed by atoms with Gasteiger partial charge in [0.15, 0.2) is 24.0 Å². The maximum absolute atomic E-state index is 15.2. The molecule has 0 radical (unpaired) electrons.